The predicted octanol–water partition coefficient (Wildman–Crippen LogP) is 2.99. The van der Waals surface area contributed by atoms with Gasteiger partial charge in [0.2, 0.25) is 0 Å². The number of hydrogen-bond donors (Lipinski definition) is 0. The molecule has 0 aliphatic rings. The standard InChI is InChI=1S/C11H15/c1-9(2)7-11-6-4-5-10(3)8-11/h4-5,8-9H,7H2,1-3H3. The Labute approximate surface area is 69.3 Å². The van der Waals surface area contributed by atoms with Crippen molar-refractivity contribution in [3.63, 3.8) is 0 Å². The molecular weight excluding hydrogens is 132 g/mol. The van der Waals surface area contributed by atoms with Crippen LogP contribution in [0.2, 0.25) is 0 Å². The van der Waals surface area contributed by atoms with Crippen LogP contribution in [0.1, 0.15) is 25.0 Å². The molecule has 0 aliphatic carbocycles. The Balaban J connectivity index is 2.71. The Kier molecular flexibility index (Phi) is 2.70. The summed E-state index contributed by atoms with van der Waals surface area (Å²) in [6, 6.07) is 9.54. The van der Waals surface area contributed by atoms with E-state index in [1.54, 1.807) is 0 Å². The van der Waals surface area contributed by atoms with Crippen LogP contribution in [0.4, 0.5) is 0 Å². The van der Waals surface area contributed by atoms with E-state index < -0.39 is 0 Å². The summed E-state index contributed by atoms with van der Waals surface area (Å²) in [6.45, 7) is 6.59. The molecule has 1 aromatic carbocycles. The first kappa shape index (κ1) is 8.32. The first-order chi connectivity index (χ1) is 5.18. The molecule has 1 aromatic rings. The molecule has 0 aliphatic heterocycles. The Bertz CT molecular complexity index is 223. The van der Waals surface area contributed by atoms with E-state index in [9.17, 15) is 0 Å². The first-order valence-electron chi connectivity index (χ1n) is 4.15. The molecule has 0 atom stereocenters. The average molecular weight is 147 g/mol. The minimum atomic E-state index is 0.730. The fraction of sp³-hybridized carbons (Fsp3) is 0.455. The second-order valence-corrected chi connectivity index (χ2v) is 3.49. The molecule has 0 spiro atoms. The minimum absolute atomic E-state index is 0.730. The lowest BCUT2D eigenvalue weighted by atomic mass is 10.0. The van der Waals surface area contributed by atoms with E-state index >= 15 is 0 Å². The van der Waals surface area contributed by atoms with Gasteiger partial charge in [0.1, 0.15) is 0 Å². The Hall–Kier alpha value is -0.780. The molecule has 0 heterocycles. The second-order valence-electron chi connectivity index (χ2n) is 3.49. The molecule has 1 radical (unpaired) electrons. The average Bonchev–Trinajstić information content (AvgIpc) is 1.85. The van der Waals surface area contributed by atoms with Crippen molar-refractivity contribution in [2.45, 2.75) is 27.2 Å². The molecule has 1 rings (SSSR count). The Morgan fingerprint density at radius 2 is 2.18 bits per heavy atom. The zero-order chi connectivity index (χ0) is 8.27. The summed E-state index contributed by atoms with van der Waals surface area (Å²) >= 11 is 0. The minimum Gasteiger partial charge on any atom is -0.0625 e. The van der Waals surface area contributed by atoms with Crippen LogP contribution in [-0.2, 0) is 6.42 Å². The van der Waals surface area contributed by atoms with Gasteiger partial charge >= 0.3 is 0 Å². The summed E-state index contributed by atoms with van der Waals surface area (Å²) in [5, 5.41) is 0. The molecule has 0 fully saturated rings. The monoisotopic (exact) mass is 147 g/mol. The summed E-state index contributed by atoms with van der Waals surface area (Å²) in [4.78, 5) is 0. The van der Waals surface area contributed by atoms with Crippen LogP contribution < -0.4 is 0 Å². The van der Waals surface area contributed by atoms with Crippen molar-refractivity contribution >= 4 is 0 Å². The molecule has 0 amide bonds. The van der Waals surface area contributed by atoms with Crippen LogP contribution in [0, 0.1) is 18.9 Å². The third-order valence-electron chi connectivity index (χ3n) is 1.65. The van der Waals surface area contributed by atoms with Gasteiger partial charge in [0.05, 0.1) is 0 Å². The summed E-state index contributed by atoms with van der Waals surface area (Å²) < 4.78 is 0. The Morgan fingerprint density at radius 1 is 1.45 bits per heavy atom. The lowest BCUT2D eigenvalue weighted by molar-refractivity contribution is 0.646. The van der Waals surface area contributed by atoms with Crippen LogP contribution >= 0.6 is 0 Å². The summed E-state index contributed by atoms with van der Waals surface area (Å²) in [6.07, 6.45) is 1.14. The molecule has 0 aromatic heterocycles. The molecule has 0 saturated carbocycles. The first-order valence-corrected chi connectivity index (χ1v) is 4.15. The molecule has 0 bridgehead atoms. The quantitative estimate of drug-likeness (QED) is 0.603. The van der Waals surface area contributed by atoms with E-state index in [1.807, 2.05) is 6.07 Å². The van der Waals surface area contributed by atoms with Crippen molar-refractivity contribution < 1.29 is 0 Å². The smallest absolute Gasteiger partial charge is 0.0149 e. The molecule has 0 unspecified atom stereocenters. The van der Waals surface area contributed by atoms with Crippen LogP contribution in [0.3, 0.4) is 0 Å². The zero-order valence-electron chi connectivity index (χ0n) is 7.52. The number of benzene rings is 1. The van der Waals surface area contributed by atoms with Gasteiger partial charge in [-0.2, -0.15) is 0 Å². The summed E-state index contributed by atoms with van der Waals surface area (Å²) in [5.41, 5.74) is 2.67. The third kappa shape index (κ3) is 2.75. The van der Waals surface area contributed by atoms with Gasteiger partial charge in [0, 0.05) is 0 Å². The maximum absolute atomic E-state index is 3.24. The summed E-state index contributed by atoms with van der Waals surface area (Å²) in [7, 11) is 0. The van der Waals surface area contributed by atoms with Crippen LogP contribution in [0.15, 0.2) is 18.2 Å². The zero-order valence-corrected chi connectivity index (χ0v) is 7.52. The molecule has 0 N–H and O–H groups in total. The topological polar surface area (TPSA) is 0 Å². The van der Waals surface area contributed by atoms with E-state index in [0.717, 1.165) is 12.3 Å². The van der Waals surface area contributed by atoms with E-state index in [0.29, 0.717) is 0 Å². The van der Waals surface area contributed by atoms with Gasteiger partial charge in [-0.1, -0.05) is 37.6 Å². The summed E-state index contributed by atoms with van der Waals surface area (Å²) in [5.74, 6) is 0.730. The molecular formula is C11H15. The highest BCUT2D eigenvalue weighted by Crippen LogP contribution is 2.08. The van der Waals surface area contributed by atoms with Crippen molar-refractivity contribution in [1.29, 1.82) is 0 Å². The molecule has 11 heavy (non-hydrogen) atoms. The number of hydrogen-bond acceptors (Lipinski definition) is 0. The van der Waals surface area contributed by atoms with Crippen molar-refractivity contribution in [2.75, 3.05) is 0 Å². The van der Waals surface area contributed by atoms with E-state index in [2.05, 4.69) is 39.0 Å². The highest BCUT2D eigenvalue weighted by atomic mass is 14.0. The largest absolute Gasteiger partial charge is 0.0625 e. The molecule has 0 heteroatoms. The highest BCUT2D eigenvalue weighted by Gasteiger charge is 1.96. The number of rotatable bonds is 2. The lowest BCUT2D eigenvalue weighted by Crippen LogP contribution is -1.93. The predicted molar refractivity (Wildman–Crippen MR) is 48.6 cm³/mol. The van der Waals surface area contributed by atoms with Gasteiger partial charge in [0.25, 0.3) is 0 Å². The van der Waals surface area contributed by atoms with Crippen LogP contribution in [0.5, 0.6) is 0 Å². The Morgan fingerprint density at radius 3 is 2.73 bits per heavy atom. The van der Waals surface area contributed by atoms with Gasteiger partial charge in [-0.3, -0.25) is 0 Å². The van der Waals surface area contributed by atoms with Crippen LogP contribution in [-0.4, -0.2) is 0 Å². The van der Waals surface area contributed by atoms with Gasteiger partial charge in [-0.15, -0.1) is 0 Å². The normalized spacial score (nSPS) is 10.5. The molecule has 59 valence electrons. The fourth-order valence-electron chi connectivity index (χ4n) is 1.20. The van der Waals surface area contributed by atoms with Gasteiger partial charge in [-0.25, -0.2) is 0 Å². The van der Waals surface area contributed by atoms with Crippen molar-refractivity contribution in [2.24, 2.45) is 5.92 Å². The second kappa shape index (κ2) is 3.56. The van der Waals surface area contributed by atoms with Crippen LogP contribution in [0.25, 0.3) is 0 Å². The highest BCUT2D eigenvalue weighted by molar-refractivity contribution is 5.21. The molecule has 0 nitrogen and oxygen atoms in total. The molecule has 0 saturated heterocycles. The van der Waals surface area contributed by atoms with Crippen molar-refractivity contribution in [3.8, 4) is 0 Å². The van der Waals surface area contributed by atoms with Gasteiger partial charge < -0.3 is 0 Å². The van der Waals surface area contributed by atoms with E-state index in [4.69, 9.17) is 0 Å². The van der Waals surface area contributed by atoms with Gasteiger partial charge in [0.15, 0.2) is 0 Å². The maximum atomic E-state index is 3.24. The lowest BCUT2D eigenvalue weighted by Gasteiger charge is -2.04. The van der Waals surface area contributed by atoms with E-state index in [-0.39, 0.29) is 0 Å². The fourth-order valence-corrected chi connectivity index (χ4v) is 1.20. The van der Waals surface area contributed by atoms with Crippen molar-refractivity contribution in [3.05, 3.63) is 35.4 Å². The maximum Gasteiger partial charge on any atom is -0.0149 e. The third-order valence-corrected chi connectivity index (χ3v) is 1.65. The SMILES string of the molecule is Cc1cc[c]c(CC(C)C)c1. The van der Waals surface area contributed by atoms with E-state index in [1.165, 1.54) is 11.1 Å². The van der Waals surface area contributed by atoms with Crippen molar-refractivity contribution in [1.82, 2.24) is 0 Å². The van der Waals surface area contributed by atoms with Gasteiger partial charge in [-0.05, 0) is 30.9 Å². The number of aryl methyl sites for hydroxylation is 1.